The maximum Gasteiger partial charge on any atom is 0.0701 e. The molecule has 0 aliphatic carbocycles. The van der Waals surface area contributed by atoms with Crippen LogP contribution in [0, 0.1) is 5.41 Å². The summed E-state index contributed by atoms with van der Waals surface area (Å²) in [6, 6.07) is 0. The minimum Gasteiger partial charge on any atom is -0.380 e. The minimum absolute atomic E-state index is 0.0403. The second kappa shape index (κ2) is 8.84. The van der Waals surface area contributed by atoms with E-state index in [1.165, 1.54) is 0 Å². The van der Waals surface area contributed by atoms with Gasteiger partial charge in [0.1, 0.15) is 0 Å². The molecule has 2 saturated heterocycles. The average molecular weight is 275 g/mol. The van der Waals surface area contributed by atoms with E-state index in [4.69, 9.17) is 23.7 Å². The molecule has 112 valence electrons. The molecule has 2 fully saturated rings. The lowest BCUT2D eigenvalue weighted by molar-refractivity contribution is -0.181. The second-order valence-electron chi connectivity index (χ2n) is 5.07. The summed E-state index contributed by atoms with van der Waals surface area (Å²) in [6.07, 6.45) is 0. The molecule has 0 aromatic carbocycles. The molecule has 0 aromatic heterocycles. The van der Waals surface area contributed by atoms with Crippen LogP contribution in [0.25, 0.3) is 0 Å². The maximum absolute atomic E-state index is 5.66. The Labute approximate surface area is 114 Å². The molecule has 2 rings (SSSR count). The van der Waals surface area contributed by atoms with E-state index in [1.807, 2.05) is 0 Å². The fourth-order valence-corrected chi connectivity index (χ4v) is 2.03. The van der Waals surface area contributed by atoms with E-state index in [0.717, 1.165) is 26.3 Å². The van der Waals surface area contributed by atoms with Crippen LogP contribution >= 0.6 is 0 Å². The van der Waals surface area contributed by atoms with Crippen LogP contribution in [0.4, 0.5) is 0 Å². The summed E-state index contributed by atoms with van der Waals surface area (Å²) in [5.74, 6) is 0. The lowest BCUT2D eigenvalue weighted by atomic mass is 9.88. The van der Waals surface area contributed by atoms with E-state index in [1.54, 1.807) is 0 Å². The Balaban J connectivity index is 1.67. The van der Waals surface area contributed by atoms with E-state index in [2.05, 4.69) is 5.32 Å². The van der Waals surface area contributed by atoms with Gasteiger partial charge in [-0.05, 0) is 0 Å². The summed E-state index contributed by atoms with van der Waals surface area (Å²) < 4.78 is 27.5. The Morgan fingerprint density at radius 3 is 1.47 bits per heavy atom. The molecule has 2 aliphatic heterocycles. The molecule has 0 atom stereocenters. The van der Waals surface area contributed by atoms with Crippen LogP contribution in [0.5, 0.6) is 0 Å². The minimum atomic E-state index is 0.0403. The van der Waals surface area contributed by atoms with Crippen LogP contribution < -0.4 is 5.32 Å². The molecule has 6 heteroatoms. The summed E-state index contributed by atoms with van der Waals surface area (Å²) in [5.41, 5.74) is 0.0403. The third kappa shape index (κ3) is 5.72. The van der Waals surface area contributed by atoms with Gasteiger partial charge in [0.25, 0.3) is 0 Å². The third-order valence-corrected chi connectivity index (χ3v) is 3.22. The quantitative estimate of drug-likeness (QED) is 0.653. The van der Waals surface area contributed by atoms with E-state index < -0.39 is 0 Å². The molecule has 6 nitrogen and oxygen atoms in total. The van der Waals surface area contributed by atoms with Crippen LogP contribution in [0.3, 0.4) is 0 Å². The average Bonchev–Trinajstić information content (AvgIpc) is 2.37. The van der Waals surface area contributed by atoms with Crippen molar-refractivity contribution in [2.24, 2.45) is 5.41 Å². The second-order valence-corrected chi connectivity index (χ2v) is 5.07. The number of hydrogen-bond donors (Lipinski definition) is 1. The standard InChI is InChI=1S/C13H25NO5/c1-3-15-5-7-17-9-13(11-19-12-13)10-18-8-6-16-4-2-14-1/h14H,1-12H2. The molecule has 0 saturated carbocycles. The third-order valence-electron chi connectivity index (χ3n) is 3.22. The summed E-state index contributed by atoms with van der Waals surface area (Å²) in [4.78, 5) is 0. The van der Waals surface area contributed by atoms with Crippen molar-refractivity contribution in [1.29, 1.82) is 0 Å². The van der Waals surface area contributed by atoms with Gasteiger partial charge in [0.05, 0.1) is 71.5 Å². The molecular formula is C13H25NO5. The summed E-state index contributed by atoms with van der Waals surface area (Å²) >= 11 is 0. The van der Waals surface area contributed by atoms with Crippen molar-refractivity contribution in [3.8, 4) is 0 Å². The van der Waals surface area contributed by atoms with Crippen molar-refractivity contribution < 1.29 is 23.7 Å². The molecule has 0 unspecified atom stereocenters. The molecule has 1 N–H and O–H groups in total. The normalized spacial score (nSPS) is 27.8. The highest BCUT2D eigenvalue weighted by molar-refractivity contribution is 4.85. The monoisotopic (exact) mass is 275 g/mol. The van der Waals surface area contributed by atoms with Gasteiger partial charge >= 0.3 is 0 Å². The molecule has 0 aromatic rings. The first-order chi connectivity index (χ1) is 9.41. The Bertz CT molecular complexity index is 217. The van der Waals surface area contributed by atoms with Gasteiger partial charge < -0.3 is 29.0 Å². The van der Waals surface area contributed by atoms with E-state index >= 15 is 0 Å². The van der Waals surface area contributed by atoms with E-state index in [9.17, 15) is 0 Å². The van der Waals surface area contributed by atoms with Crippen LogP contribution in [-0.4, -0.2) is 79.2 Å². The highest BCUT2D eigenvalue weighted by Crippen LogP contribution is 2.28. The summed E-state index contributed by atoms with van der Waals surface area (Å²) in [7, 11) is 0. The lowest BCUT2D eigenvalue weighted by Crippen LogP contribution is -2.50. The van der Waals surface area contributed by atoms with Crippen LogP contribution in [0.2, 0.25) is 0 Å². The van der Waals surface area contributed by atoms with Crippen molar-refractivity contribution >= 4 is 0 Å². The van der Waals surface area contributed by atoms with Gasteiger partial charge in [-0.3, -0.25) is 0 Å². The zero-order chi connectivity index (χ0) is 13.2. The van der Waals surface area contributed by atoms with Crippen molar-refractivity contribution in [3.63, 3.8) is 0 Å². The van der Waals surface area contributed by atoms with Gasteiger partial charge in [-0.1, -0.05) is 0 Å². The fraction of sp³-hybridized carbons (Fsp3) is 1.00. The molecule has 1 spiro atoms. The van der Waals surface area contributed by atoms with Crippen LogP contribution in [-0.2, 0) is 23.7 Å². The first-order valence-electron chi connectivity index (χ1n) is 7.01. The van der Waals surface area contributed by atoms with Crippen molar-refractivity contribution in [2.45, 2.75) is 0 Å². The molecule has 0 radical (unpaired) electrons. The smallest absolute Gasteiger partial charge is 0.0701 e. The van der Waals surface area contributed by atoms with Crippen LogP contribution in [0.1, 0.15) is 0 Å². The Morgan fingerprint density at radius 1 is 0.526 bits per heavy atom. The number of nitrogens with one attached hydrogen (secondary N) is 1. The van der Waals surface area contributed by atoms with Gasteiger partial charge in [0.15, 0.2) is 0 Å². The fourth-order valence-electron chi connectivity index (χ4n) is 2.03. The summed E-state index contributed by atoms with van der Waals surface area (Å²) in [5, 5.41) is 3.25. The zero-order valence-electron chi connectivity index (χ0n) is 11.5. The Kier molecular flexibility index (Phi) is 7.05. The van der Waals surface area contributed by atoms with Gasteiger partial charge in [-0.2, -0.15) is 0 Å². The highest BCUT2D eigenvalue weighted by atomic mass is 16.6. The largest absolute Gasteiger partial charge is 0.380 e. The zero-order valence-corrected chi connectivity index (χ0v) is 11.5. The first-order valence-corrected chi connectivity index (χ1v) is 7.01. The van der Waals surface area contributed by atoms with E-state index in [-0.39, 0.29) is 5.41 Å². The number of ether oxygens (including phenoxy) is 5. The molecule has 19 heavy (non-hydrogen) atoms. The Morgan fingerprint density at radius 2 is 1.00 bits per heavy atom. The molecular weight excluding hydrogens is 250 g/mol. The van der Waals surface area contributed by atoms with Crippen molar-refractivity contribution in [1.82, 2.24) is 5.32 Å². The summed E-state index contributed by atoms with van der Waals surface area (Å²) in [6.45, 7) is 8.43. The van der Waals surface area contributed by atoms with Gasteiger partial charge in [0, 0.05) is 13.1 Å². The molecule has 2 heterocycles. The maximum atomic E-state index is 5.66. The number of rotatable bonds is 0. The Hall–Kier alpha value is -0.240. The first kappa shape index (κ1) is 15.2. The molecule has 0 bridgehead atoms. The predicted octanol–water partition coefficient (Wildman–Crippen LogP) is -0.327. The SMILES string of the molecule is C1COCCOCC2(COCCOCCN1)COC2. The van der Waals surface area contributed by atoms with E-state index in [0.29, 0.717) is 52.9 Å². The highest BCUT2D eigenvalue weighted by Gasteiger charge is 2.39. The molecule has 2 aliphatic rings. The topological polar surface area (TPSA) is 58.2 Å². The number of hydrogen-bond acceptors (Lipinski definition) is 6. The van der Waals surface area contributed by atoms with Crippen LogP contribution in [0.15, 0.2) is 0 Å². The lowest BCUT2D eigenvalue weighted by Gasteiger charge is -2.40. The molecule has 0 amide bonds. The van der Waals surface area contributed by atoms with Gasteiger partial charge in [-0.25, -0.2) is 0 Å². The van der Waals surface area contributed by atoms with Gasteiger partial charge in [-0.15, -0.1) is 0 Å². The van der Waals surface area contributed by atoms with Crippen molar-refractivity contribution in [2.75, 3.05) is 79.2 Å². The predicted molar refractivity (Wildman–Crippen MR) is 69.4 cm³/mol. The van der Waals surface area contributed by atoms with Gasteiger partial charge in [0.2, 0.25) is 0 Å². The van der Waals surface area contributed by atoms with Crippen molar-refractivity contribution in [3.05, 3.63) is 0 Å².